The van der Waals surface area contributed by atoms with Crippen LogP contribution in [0.3, 0.4) is 0 Å². The molecule has 21 heavy (non-hydrogen) atoms. The van der Waals surface area contributed by atoms with Crippen LogP contribution in [0.25, 0.3) is 10.9 Å². The number of carbonyl (C=O) groups excluding carboxylic acids is 1. The number of fused-ring (bicyclic) bond motifs is 1. The smallest absolute Gasteiger partial charge is 0.258 e. The van der Waals surface area contributed by atoms with Gasteiger partial charge >= 0.3 is 0 Å². The van der Waals surface area contributed by atoms with E-state index in [1.165, 1.54) is 12.8 Å². The highest BCUT2D eigenvalue weighted by molar-refractivity contribution is 5.78. The zero-order valence-corrected chi connectivity index (χ0v) is 12.1. The lowest BCUT2D eigenvalue weighted by Gasteiger charge is -2.12. The Balaban J connectivity index is 1.64. The van der Waals surface area contributed by atoms with Crippen LogP contribution in [0.4, 0.5) is 0 Å². The molecule has 0 spiro atoms. The highest BCUT2D eigenvalue weighted by Gasteiger charge is 2.28. The van der Waals surface area contributed by atoms with E-state index in [4.69, 9.17) is 0 Å². The Hall–Kier alpha value is -2.17. The number of benzene rings is 1. The van der Waals surface area contributed by atoms with E-state index >= 15 is 0 Å². The van der Waals surface area contributed by atoms with Crippen LogP contribution in [0.15, 0.2) is 29.1 Å². The molecule has 3 rings (SSSR count). The van der Waals surface area contributed by atoms with E-state index in [9.17, 15) is 9.59 Å². The molecule has 1 fully saturated rings. The van der Waals surface area contributed by atoms with Crippen molar-refractivity contribution < 1.29 is 4.79 Å². The number of hydrogen-bond donors (Lipinski definition) is 2. The van der Waals surface area contributed by atoms with Gasteiger partial charge in [-0.15, -0.1) is 0 Å². The quantitative estimate of drug-likeness (QED) is 0.879. The molecule has 110 valence electrons. The number of amides is 1. The van der Waals surface area contributed by atoms with Crippen LogP contribution in [0, 0.1) is 5.92 Å². The van der Waals surface area contributed by atoms with Crippen LogP contribution in [0.1, 0.15) is 32.0 Å². The topological polar surface area (TPSA) is 74.8 Å². The maximum atomic E-state index is 11.9. The first kappa shape index (κ1) is 13.8. The van der Waals surface area contributed by atoms with Crippen LogP contribution in [-0.4, -0.2) is 21.9 Å². The normalized spacial score (nSPS) is 15.9. The summed E-state index contributed by atoms with van der Waals surface area (Å²) in [4.78, 5) is 30.9. The number of nitrogens with one attached hydrogen (secondary N) is 2. The number of nitrogens with zero attached hydrogens (tertiary/aromatic N) is 1. The molecule has 2 N–H and O–H groups in total. The largest absolute Gasteiger partial charge is 0.353 e. The Labute approximate surface area is 122 Å². The molecular formula is C16H19N3O2. The fraction of sp³-hybridized carbons (Fsp3) is 0.438. The van der Waals surface area contributed by atoms with Crippen molar-refractivity contribution in [2.24, 2.45) is 5.92 Å². The van der Waals surface area contributed by atoms with Crippen LogP contribution in [0.5, 0.6) is 0 Å². The highest BCUT2D eigenvalue weighted by atomic mass is 16.1. The molecule has 1 aliphatic carbocycles. The van der Waals surface area contributed by atoms with Gasteiger partial charge in [0.15, 0.2) is 0 Å². The fourth-order valence-electron chi connectivity index (χ4n) is 2.53. The standard InChI is InChI=1S/C16H19N3O2/c1-10(11-6-7-11)17-15(20)9-8-14-18-13-5-3-2-4-12(13)16(21)19-14/h2-5,10-11H,6-9H2,1H3,(H,17,20)(H,18,19,21)/t10-/m0/s1. The molecule has 1 aliphatic rings. The number of para-hydroxylation sites is 1. The zero-order valence-electron chi connectivity index (χ0n) is 12.1. The second-order valence-corrected chi connectivity index (χ2v) is 5.72. The van der Waals surface area contributed by atoms with Crippen LogP contribution in [0.2, 0.25) is 0 Å². The van der Waals surface area contributed by atoms with Crippen molar-refractivity contribution in [3.63, 3.8) is 0 Å². The molecule has 1 amide bonds. The summed E-state index contributed by atoms with van der Waals surface area (Å²) >= 11 is 0. The minimum Gasteiger partial charge on any atom is -0.353 e. The first-order chi connectivity index (χ1) is 10.1. The van der Waals surface area contributed by atoms with Crippen molar-refractivity contribution in [1.82, 2.24) is 15.3 Å². The van der Waals surface area contributed by atoms with Crippen molar-refractivity contribution in [1.29, 1.82) is 0 Å². The van der Waals surface area contributed by atoms with E-state index in [-0.39, 0.29) is 17.5 Å². The second-order valence-electron chi connectivity index (χ2n) is 5.72. The molecule has 1 aromatic heterocycles. The lowest BCUT2D eigenvalue weighted by molar-refractivity contribution is -0.121. The first-order valence-corrected chi connectivity index (χ1v) is 7.41. The SMILES string of the molecule is C[C@H](NC(=O)CCc1nc2ccccc2c(=O)[nH]1)C1CC1. The molecule has 0 radical (unpaired) electrons. The molecule has 1 heterocycles. The summed E-state index contributed by atoms with van der Waals surface area (Å²) < 4.78 is 0. The third kappa shape index (κ3) is 3.29. The van der Waals surface area contributed by atoms with E-state index in [1.54, 1.807) is 6.07 Å². The lowest BCUT2D eigenvalue weighted by atomic mass is 10.2. The Bertz CT molecular complexity index is 719. The summed E-state index contributed by atoms with van der Waals surface area (Å²) in [7, 11) is 0. The summed E-state index contributed by atoms with van der Waals surface area (Å²) in [6.07, 6.45) is 3.21. The summed E-state index contributed by atoms with van der Waals surface area (Å²) in [5.74, 6) is 1.23. The molecule has 1 saturated carbocycles. The molecule has 0 unspecified atom stereocenters. The average Bonchev–Trinajstić information content (AvgIpc) is 3.30. The Kier molecular flexibility index (Phi) is 3.73. The number of hydrogen-bond acceptors (Lipinski definition) is 3. The minimum atomic E-state index is -0.151. The van der Waals surface area contributed by atoms with Crippen molar-refractivity contribution in [3.8, 4) is 0 Å². The Morgan fingerprint density at radius 3 is 2.95 bits per heavy atom. The maximum Gasteiger partial charge on any atom is 0.258 e. The summed E-state index contributed by atoms with van der Waals surface area (Å²) in [5.41, 5.74) is 0.519. The van der Waals surface area contributed by atoms with E-state index < -0.39 is 0 Å². The van der Waals surface area contributed by atoms with Crippen molar-refractivity contribution in [2.75, 3.05) is 0 Å². The Morgan fingerprint density at radius 2 is 2.19 bits per heavy atom. The molecule has 5 heteroatoms. The summed E-state index contributed by atoms with van der Waals surface area (Å²) in [6, 6.07) is 7.47. The van der Waals surface area contributed by atoms with Gasteiger partial charge in [-0.25, -0.2) is 4.98 Å². The molecular weight excluding hydrogens is 266 g/mol. The Morgan fingerprint density at radius 1 is 1.43 bits per heavy atom. The van der Waals surface area contributed by atoms with E-state index in [0.29, 0.717) is 35.5 Å². The zero-order chi connectivity index (χ0) is 14.8. The van der Waals surface area contributed by atoms with E-state index in [1.807, 2.05) is 25.1 Å². The van der Waals surface area contributed by atoms with Gasteiger partial charge in [-0.05, 0) is 37.8 Å². The van der Waals surface area contributed by atoms with Gasteiger partial charge in [0.25, 0.3) is 5.56 Å². The van der Waals surface area contributed by atoms with E-state index in [2.05, 4.69) is 15.3 Å². The molecule has 5 nitrogen and oxygen atoms in total. The molecule has 1 atom stereocenters. The van der Waals surface area contributed by atoms with Gasteiger partial charge in [0.05, 0.1) is 10.9 Å². The van der Waals surface area contributed by atoms with Crippen LogP contribution < -0.4 is 10.9 Å². The average molecular weight is 285 g/mol. The molecule has 0 aliphatic heterocycles. The minimum absolute atomic E-state index is 0.0187. The van der Waals surface area contributed by atoms with Crippen molar-refractivity contribution in [3.05, 3.63) is 40.4 Å². The third-order valence-electron chi connectivity index (χ3n) is 3.97. The van der Waals surface area contributed by atoms with Crippen LogP contribution >= 0.6 is 0 Å². The summed E-state index contributed by atoms with van der Waals surface area (Å²) in [6.45, 7) is 2.05. The molecule has 0 bridgehead atoms. The lowest BCUT2D eigenvalue weighted by Crippen LogP contribution is -2.34. The monoisotopic (exact) mass is 285 g/mol. The number of rotatable bonds is 5. The van der Waals surface area contributed by atoms with Crippen LogP contribution in [-0.2, 0) is 11.2 Å². The third-order valence-corrected chi connectivity index (χ3v) is 3.97. The number of aromatic amines is 1. The highest BCUT2D eigenvalue weighted by Crippen LogP contribution is 2.32. The van der Waals surface area contributed by atoms with Gasteiger partial charge in [0, 0.05) is 18.9 Å². The van der Waals surface area contributed by atoms with Gasteiger partial charge in [-0.2, -0.15) is 0 Å². The van der Waals surface area contributed by atoms with Gasteiger partial charge in [-0.3, -0.25) is 9.59 Å². The van der Waals surface area contributed by atoms with Crippen molar-refractivity contribution >= 4 is 16.8 Å². The summed E-state index contributed by atoms with van der Waals surface area (Å²) in [5, 5.41) is 3.58. The molecule has 0 saturated heterocycles. The predicted molar refractivity (Wildman–Crippen MR) is 81.0 cm³/mol. The number of aryl methyl sites for hydroxylation is 1. The van der Waals surface area contributed by atoms with Gasteiger partial charge < -0.3 is 10.3 Å². The predicted octanol–water partition coefficient (Wildman–Crippen LogP) is 1.77. The van der Waals surface area contributed by atoms with E-state index in [0.717, 1.165) is 0 Å². The van der Waals surface area contributed by atoms with Gasteiger partial charge in [-0.1, -0.05) is 12.1 Å². The molecule has 2 aromatic rings. The van der Waals surface area contributed by atoms with Gasteiger partial charge in [0.1, 0.15) is 5.82 Å². The van der Waals surface area contributed by atoms with Gasteiger partial charge in [0.2, 0.25) is 5.91 Å². The second kappa shape index (κ2) is 5.68. The first-order valence-electron chi connectivity index (χ1n) is 7.41. The van der Waals surface area contributed by atoms with Crippen molar-refractivity contribution in [2.45, 2.75) is 38.6 Å². The number of carbonyl (C=O) groups is 1. The molecule has 1 aromatic carbocycles. The fourth-order valence-corrected chi connectivity index (χ4v) is 2.53. The maximum absolute atomic E-state index is 11.9. The number of H-pyrrole nitrogens is 1. The number of aromatic nitrogens is 2.